The normalized spacial score (nSPS) is 13.6. The van der Waals surface area contributed by atoms with Crippen LogP contribution < -0.4 is 14.2 Å². The zero-order valence-corrected chi connectivity index (χ0v) is 79.7. The van der Waals surface area contributed by atoms with Gasteiger partial charge in [-0.15, -0.1) is 0 Å². The molecule has 9 aromatic rings. The van der Waals surface area contributed by atoms with Gasteiger partial charge in [-0.25, -0.2) is 23.7 Å². The number of carbonyl (C=O) groups excluding carboxylic acids is 2. The Hall–Kier alpha value is -10.5. The molecule has 0 amide bonds. The van der Waals surface area contributed by atoms with Crippen molar-refractivity contribution in [1.29, 1.82) is 0 Å². The van der Waals surface area contributed by atoms with Gasteiger partial charge in [-0.3, -0.25) is 34.1 Å². The third kappa shape index (κ3) is 31.1. The first-order chi connectivity index (χ1) is 59.9. The average molecular weight is 2060 g/mol. The van der Waals surface area contributed by atoms with E-state index < -0.39 is 76.4 Å². The number of esters is 2. The van der Waals surface area contributed by atoms with Crippen molar-refractivity contribution in [1.82, 2.24) is 44.3 Å². The number of benzene rings is 3. The second kappa shape index (κ2) is 49.3. The maximum atomic E-state index is 13.9. The minimum atomic E-state index is -4.55. The Kier molecular flexibility index (Phi) is 41.8. The van der Waals surface area contributed by atoms with Gasteiger partial charge in [0.25, 0.3) is 5.97 Å². The monoisotopic (exact) mass is 2060 g/mol. The first-order valence-electron chi connectivity index (χ1n) is 42.6. The minimum Gasteiger partial charge on any atom is -0.481 e. The number of ether oxygens (including phenoxy) is 5. The summed E-state index contributed by atoms with van der Waals surface area (Å²) in [5.41, 5.74) is 7.33. The third-order valence-corrected chi connectivity index (χ3v) is 23.6. The van der Waals surface area contributed by atoms with E-state index in [0.717, 1.165) is 110 Å². The fraction of sp³-hybridized carbons (Fsp3) is 0.500. The molecule has 0 saturated heterocycles. The van der Waals surface area contributed by atoms with Gasteiger partial charge in [-0.1, -0.05) is 103 Å². The largest absolute Gasteiger partial charge is 0.481 e. The molecular weight excluding hydrogens is 1940 g/mol. The van der Waals surface area contributed by atoms with Gasteiger partial charge < -0.3 is 41.3 Å². The fourth-order valence-corrected chi connectivity index (χ4v) is 15.8. The quantitative estimate of drug-likeness (QED) is 0.0226. The van der Waals surface area contributed by atoms with Gasteiger partial charge in [-0.2, -0.15) is 54.8 Å². The Morgan fingerprint density at radius 2 is 0.725 bits per heavy atom. The zero-order chi connectivity index (χ0) is 92.9. The van der Waals surface area contributed by atoms with Crippen LogP contribution in [0.1, 0.15) is 254 Å². The van der Waals surface area contributed by atoms with Crippen LogP contribution in [0, 0.1) is 20.6 Å². The van der Waals surface area contributed by atoms with Crippen LogP contribution in [0.4, 0.5) is 50.9 Å². The molecule has 0 bridgehead atoms. The number of aryl methyl sites for hydroxylation is 9. The number of nitrogens with zero attached hydrogens (tertiary/aromatic N) is 11. The molecule has 2 N–H and O–H groups in total. The molecule has 3 atom stereocenters. The molecule has 0 saturated carbocycles. The molecule has 3 aliphatic rings. The summed E-state index contributed by atoms with van der Waals surface area (Å²) in [6.45, 7) is 27.6. The number of carboxylic acids is 2. The summed E-state index contributed by atoms with van der Waals surface area (Å²) >= 11 is 3.38. The van der Waals surface area contributed by atoms with E-state index in [2.05, 4.69) is 65.2 Å². The summed E-state index contributed by atoms with van der Waals surface area (Å²) in [5, 5.41) is 30.6. The molecule has 3 unspecified atom stereocenters. The predicted molar refractivity (Wildman–Crippen MR) is 484 cm³/mol. The second-order valence-electron chi connectivity index (χ2n) is 33.8. The van der Waals surface area contributed by atoms with E-state index in [1.54, 1.807) is 73.3 Å². The summed E-state index contributed by atoms with van der Waals surface area (Å²) < 4.78 is 158. The van der Waals surface area contributed by atoms with E-state index in [1.807, 2.05) is 18.2 Å². The average Bonchev–Trinajstić information content (AvgIpc) is 1.75. The molecule has 0 fully saturated rings. The third-order valence-electron chi connectivity index (χ3n) is 23.2. The van der Waals surface area contributed by atoms with Crippen molar-refractivity contribution in [3.05, 3.63) is 245 Å². The Balaban J connectivity index is 0.000000335. The van der Waals surface area contributed by atoms with Crippen LogP contribution in [0.3, 0.4) is 0 Å². The number of pyridine rings is 3. The van der Waals surface area contributed by atoms with Gasteiger partial charge >= 0.3 is 36.4 Å². The molecule has 0 aliphatic heterocycles. The van der Waals surface area contributed by atoms with E-state index in [9.17, 15) is 59.0 Å². The molecule has 0 radical (unpaired) electrons. The Morgan fingerprint density at radius 3 is 1.01 bits per heavy atom. The van der Waals surface area contributed by atoms with Gasteiger partial charge in [0.15, 0.2) is 11.4 Å². The van der Waals surface area contributed by atoms with Crippen LogP contribution in [-0.2, 0) is 164 Å². The first-order valence-corrected chi connectivity index (χ1v) is 43.4. The van der Waals surface area contributed by atoms with Crippen molar-refractivity contribution in [3.63, 3.8) is 0 Å². The predicted octanol–water partition coefficient (Wildman–Crippen LogP) is 22.5. The van der Waals surface area contributed by atoms with E-state index in [1.165, 1.54) is 108 Å². The number of rotatable bonds is 32. The van der Waals surface area contributed by atoms with Crippen molar-refractivity contribution in [3.8, 4) is 17.6 Å². The van der Waals surface area contributed by atoms with E-state index in [-0.39, 0.29) is 117 Å². The maximum absolute atomic E-state index is 13.9. The molecule has 6 heterocycles. The molecule has 33 heteroatoms. The minimum absolute atomic E-state index is 0. The van der Waals surface area contributed by atoms with Crippen molar-refractivity contribution in [2.24, 2.45) is 21.1 Å². The molecular formula is C98H122BrF9N11O11W-. The molecule has 3 aromatic carbocycles. The number of fused-ring (bicyclic) bond motifs is 3. The van der Waals surface area contributed by atoms with Crippen LogP contribution in [0.5, 0.6) is 17.6 Å². The van der Waals surface area contributed by atoms with Crippen LogP contribution in [-0.4, -0.2) is 130 Å². The van der Waals surface area contributed by atoms with Gasteiger partial charge in [0.05, 0.1) is 98.8 Å². The number of hydrogen-bond donors (Lipinski definition) is 2. The first kappa shape index (κ1) is 111. The maximum Gasteiger partial charge on any atom is 0.397 e. The molecule has 12 rings (SSSR count). The van der Waals surface area contributed by atoms with Crippen molar-refractivity contribution in [2.75, 3.05) is 33.0 Å². The summed E-state index contributed by atoms with van der Waals surface area (Å²) in [5.74, 6) is -2.92. The fourth-order valence-electron chi connectivity index (χ4n) is 15.3. The van der Waals surface area contributed by atoms with Crippen molar-refractivity contribution < 1.29 is 114 Å². The SMILES string of the molecule is C.C.CC(=O)O.CCOC(=O)CC(Cc1cc(OCCc2ccc3c(n2)CCCC3)n(C)n1)c1cc(Br)cc(C(C)(C)C(F)(F)F)c1.[C-]#[N+]c1cc(C(CC(=O)O)Cc2cc(OCCc3ccc4c(n3)CCCC4)n(C)n2)cc(C(C)(C)C(F)(F)F)c1.[C-]#[N+]c1cc(C(CC(=O)OCC)Cc2cc(OCCc3ccc4c(n3)CCCC4)n(C)n2)cc(C(C)(C)C(F)(F)F)c1.[CH3-].[W]. The number of aromatic nitrogens is 9. The van der Waals surface area contributed by atoms with Gasteiger partial charge in [0, 0.05) is 125 Å². The van der Waals surface area contributed by atoms with Crippen molar-refractivity contribution in [2.45, 2.75) is 265 Å². The molecule has 6 aromatic heterocycles. The van der Waals surface area contributed by atoms with Crippen LogP contribution >= 0.6 is 15.9 Å². The summed E-state index contributed by atoms with van der Waals surface area (Å²) in [7, 11) is 5.24. The molecule has 0 spiro atoms. The van der Waals surface area contributed by atoms with Crippen LogP contribution in [0.2, 0.25) is 0 Å². The van der Waals surface area contributed by atoms with Gasteiger partial charge in [-0.05, 0) is 239 Å². The van der Waals surface area contributed by atoms with E-state index in [4.69, 9.17) is 61.7 Å². The van der Waals surface area contributed by atoms with Gasteiger partial charge in [0.2, 0.25) is 17.6 Å². The standard InChI is InChI=1S/C32H37F3N4O3.C31H37BrF3N3O3.C30H33F3N4O3.C2H4O2.2CH4.CH3.W/c1-6-41-30(40)18-23(22-15-24(19-26(16-22)36-4)31(2,3)32(33,34)35)17-27-20-29(39(5)38-27)42-14-13-25-12-11-21-9-7-8-10-28(21)37-25;1-5-40-29(39)17-22(21-14-23(18-24(32)15-21)30(2,3)31(33,34)35)16-26-19-28(38(4)37-26)41-13-12-25-11-10-20-8-6-7-9-27(20)36-25;1-29(2,30(31,32)33)22-13-20(14-24(17-22)34-3)21(16-28(38)39)15-25-18-27(37(4)36-25)40-12-11-23-10-9-19-7-5-6-8-26(19)35-23;1-2(3)4;;;;/h11-12,15-16,19-20,23H,6-10,13-14,17-18H2,1-3,5H3;10-11,14-15,18-19,22H,5-9,12-13,16-17H2,1-4H3;9-10,13-14,17-18,21H,5-8,11-12,15-16H2,1-2,4H3,(H,38,39);1H3,(H,3,4);2*1H4;1H3;/q;;;;;;-1;. The number of carboxylic acid groups (broad SMARTS) is 2. The zero-order valence-electron chi connectivity index (χ0n) is 75.2. The smallest absolute Gasteiger partial charge is 0.397 e. The number of hydrogen-bond acceptors (Lipinski definition) is 15. The van der Waals surface area contributed by atoms with Crippen molar-refractivity contribution >= 4 is 51.2 Å². The summed E-state index contributed by atoms with van der Waals surface area (Å²) in [4.78, 5) is 66.9. The molecule has 3 aliphatic carbocycles. The number of alkyl halides is 9. The number of halogens is 10. The topological polar surface area (TPSA) is 256 Å². The number of aliphatic carboxylic acids is 2. The molecule has 131 heavy (non-hydrogen) atoms. The van der Waals surface area contributed by atoms with Gasteiger partial charge in [0.1, 0.15) is 0 Å². The van der Waals surface area contributed by atoms with Crippen LogP contribution in [0.25, 0.3) is 9.69 Å². The van der Waals surface area contributed by atoms with Crippen LogP contribution in [0.15, 0.2) is 114 Å². The second-order valence-corrected chi connectivity index (χ2v) is 34.7. The molecule has 22 nitrogen and oxygen atoms in total. The molecule has 712 valence electrons. The number of carbonyl (C=O) groups is 4. The van der Waals surface area contributed by atoms with E-state index in [0.29, 0.717) is 101 Å². The Bertz CT molecular complexity index is 5390. The Morgan fingerprint density at radius 1 is 0.443 bits per heavy atom. The summed E-state index contributed by atoms with van der Waals surface area (Å²) in [6, 6.07) is 31.0. The summed E-state index contributed by atoms with van der Waals surface area (Å²) in [6.07, 6.45) is 2.15. The Labute approximate surface area is 786 Å². The van der Waals surface area contributed by atoms with E-state index >= 15 is 0 Å².